The molecule has 2 N–H and O–H groups in total. The van der Waals surface area contributed by atoms with Crippen molar-refractivity contribution in [2.45, 2.75) is 65.1 Å². The van der Waals surface area contributed by atoms with E-state index in [-0.39, 0.29) is 24.5 Å². The number of nitrogens with zero attached hydrogens (tertiary/aromatic N) is 1. The molecule has 0 aromatic heterocycles. The smallest absolute Gasteiger partial charge is 0.257 e. The maximum atomic E-state index is 12.8. The van der Waals surface area contributed by atoms with Crippen LogP contribution in [0.3, 0.4) is 0 Å². The summed E-state index contributed by atoms with van der Waals surface area (Å²) in [6, 6.07) is 7.61. The summed E-state index contributed by atoms with van der Waals surface area (Å²) in [7, 11) is 0. The van der Waals surface area contributed by atoms with Gasteiger partial charge in [0.25, 0.3) is 5.91 Å². The van der Waals surface area contributed by atoms with Gasteiger partial charge in [0.15, 0.2) is 6.61 Å². The first-order chi connectivity index (χ1) is 12.4. The average Bonchev–Trinajstić information content (AvgIpc) is 2.61. The first kappa shape index (κ1) is 20.1. The van der Waals surface area contributed by atoms with Crippen LogP contribution in [-0.4, -0.2) is 48.0 Å². The van der Waals surface area contributed by atoms with Crippen molar-refractivity contribution < 1.29 is 14.3 Å². The minimum atomic E-state index is -0.292. The van der Waals surface area contributed by atoms with Crippen LogP contribution in [0.2, 0.25) is 0 Å². The lowest BCUT2D eigenvalue weighted by Gasteiger charge is -2.40. The standard InChI is InChI=1S/C20H31N3O3/c1-5-21-19(24)13-26-18-11-9-17(10-12-18)22-16(4)20(25)23-14(2)7-6-8-15(23)3/h9-12,14-16,22H,5-8,13H2,1-4H3,(H,21,24)/t14-,15+,16-/m0/s1. The Morgan fingerprint density at radius 1 is 1.19 bits per heavy atom. The summed E-state index contributed by atoms with van der Waals surface area (Å²) in [6.45, 7) is 8.61. The van der Waals surface area contributed by atoms with Gasteiger partial charge in [-0.25, -0.2) is 0 Å². The lowest BCUT2D eigenvalue weighted by molar-refractivity contribution is -0.137. The Hall–Kier alpha value is -2.24. The van der Waals surface area contributed by atoms with Crippen molar-refractivity contribution in [1.29, 1.82) is 0 Å². The van der Waals surface area contributed by atoms with Crippen LogP contribution >= 0.6 is 0 Å². The summed E-state index contributed by atoms with van der Waals surface area (Å²) in [5, 5.41) is 5.95. The van der Waals surface area contributed by atoms with Gasteiger partial charge in [0, 0.05) is 24.3 Å². The average molecular weight is 361 g/mol. The number of carbonyl (C=O) groups excluding carboxylic acids is 2. The molecule has 2 rings (SSSR count). The fourth-order valence-electron chi connectivity index (χ4n) is 3.44. The van der Waals surface area contributed by atoms with Gasteiger partial charge >= 0.3 is 0 Å². The molecule has 6 nitrogen and oxygen atoms in total. The van der Waals surface area contributed by atoms with Crippen LogP contribution in [0.5, 0.6) is 5.75 Å². The van der Waals surface area contributed by atoms with E-state index in [1.54, 1.807) is 12.1 Å². The molecule has 6 heteroatoms. The first-order valence-electron chi connectivity index (χ1n) is 9.50. The lowest BCUT2D eigenvalue weighted by atomic mass is 9.96. The van der Waals surface area contributed by atoms with E-state index in [4.69, 9.17) is 4.74 Å². The summed E-state index contributed by atoms with van der Waals surface area (Å²) in [5.41, 5.74) is 0.855. The molecule has 26 heavy (non-hydrogen) atoms. The quantitative estimate of drug-likeness (QED) is 0.783. The number of hydrogen-bond donors (Lipinski definition) is 2. The van der Waals surface area contributed by atoms with E-state index in [1.807, 2.05) is 30.9 Å². The molecule has 1 aliphatic rings. The van der Waals surface area contributed by atoms with Crippen molar-refractivity contribution in [3.05, 3.63) is 24.3 Å². The van der Waals surface area contributed by atoms with Gasteiger partial charge < -0.3 is 20.3 Å². The lowest BCUT2D eigenvalue weighted by Crippen LogP contribution is -2.52. The van der Waals surface area contributed by atoms with Crippen molar-refractivity contribution in [2.75, 3.05) is 18.5 Å². The molecule has 0 saturated carbocycles. The Bertz CT molecular complexity index is 593. The molecule has 0 bridgehead atoms. The Kier molecular flexibility index (Phi) is 7.30. The number of carbonyl (C=O) groups is 2. The third-order valence-electron chi connectivity index (χ3n) is 4.80. The number of hydrogen-bond acceptors (Lipinski definition) is 4. The predicted molar refractivity (Wildman–Crippen MR) is 103 cm³/mol. The van der Waals surface area contributed by atoms with E-state index in [2.05, 4.69) is 24.5 Å². The van der Waals surface area contributed by atoms with Gasteiger partial charge in [-0.2, -0.15) is 0 Å². The van der Waals surface area contributed by atoms with E-state index in [0.29, 0.717) is 24.4 Å². The number of amides is 2. The van der Waals surface area contributed by atoms with Gasteiger partial charge in [-0.05, 0) is 71.2 Å². The largest absolute Gasteiger partial charge is 0.484 e. The topological polar surface area (TPSA) is 70.7 Å². The molecule has 1 heterocycles. The van der Waals surface area contributed by atoms with Crippen LogP contribution < -0.4 is 15.4 Å². The van der Waals surface area contributed by atoms with Gasteiger partial charge in [0.2, 0.25) is 5.91 Å². The second-order valence-corrected chi connectivity index (χ2v) is 7.01. The normalized spacial score (nSPS) is 21.0. The van der Waals surface area contributed by atoms with Crippen molar-refractivity contribution >= 4 is 17.5 Å². The molecule has 0 unspecified atom stereocenters. The number of rotatable bonds is 7. The number of likely N-dealkylation sites (N-methyl/N-ethyl adjacent to an activating group) is 1. The van der Waals surface area contributed by atoms with Gasteiger partial charge in [-0.1, -0.05) is 0 Å². The summed E-state index contributed by atoms with van der Waals surface area (Å²) < 4.78 is 5.44. The predicted octanol–water partition coefficient (Wildman–Crippen LogP) is 2.79. The van der Waals surface area contributed by atoms with Crippen molar-refractivity contribution in [1.82, 2.24) is 10.2 Å². The van der Waals surface area contributed by atoms with Gasteiger partial charge in [-0.3, -0.25) is 9.59 Å². The Morgan fingerprint density at radius 3 is 2.38 bits per heavy atom. The fourth-order valence-corrected chi connectivity index (χ4v) is 3.44. The van der Waals surface area contributed by atoms with Crippen LogP contribution in [0.1, 0.15) is 47.0 Å². The highest BCUT2D eigenvalue weighted by molar-refractivity contribution is 5.85. The van der Waals surface area contributed by atoms with Crippen LogP contribution in [-0.2, 0) is 9.59 Å². The summed E-state index contributed by atoms with van der Waals surface area (Å²) in [6.07, 6.45) is 3.33. The molecule has 0 radical (unpaired) electrons. The van der Waals surface area contributed by atoms with Crippen molar-refractivity contribution in [3.63, 3.8) is 0 Å². The minimum absolute atomic E-state index is 0.000239. The van der Waals surface area contributed by atoms with Crippen LogP contribution in [0.15, 0.2) is 24.3 Å². The monoisotopic (exact) mass is 361 g/mol. The highest BCUT2D eigenvalue weighted by atomic mass is 16.5. The molecular formula is C20H31N3O3. The van der Waals surface area contributed by atoms with Gasteiger partial charge in [-0.15, -0.1) is 0 Å². The maximum absolute atomic E-state index is 12.8. The molecular weight excluding hydrogens is 330 g/mol. The van der Waals surface area contributed by atoms with Gasteiger partial charge in [0.1, 0.15) is 11.8 Å². The van der Waals surface area contributed by atoms with Crippen molar-refractivity contribution in [2.24, 2.45) is 0 Å². The Morgan fingerprint density at radius 2 is 1.81 bits per heavy atom. The maximum Gasteiger partial charge on any atom is 0.257 e. The Labute approximate surface area is 156 Å². The van der Waals surface area contributed by atoms with E-state index >= 15 is 0 Å². The SMILES string of the molecule is CCNC(=O)COc1ccc(N[C@@H](C)C(=O)N2[C@H](C)CCC[C@@H]2C)cc1. The number of likely N-dealkylation sites (tertiary alicyclic amines) is 1. The second-order valence-electron chi connectivity index (χ2n) is 7.01. The van der Waals surface area contributed by atoms with E-state index in [0.717, 1.165) is 18.5 Å². The number of piperidine rings is 1. The molecule has 1 fully saturated rings. The number of benzene rings is 1. The molecule has 1 saturated heterocycles. The zero-order valence-electron chi connectivity index (χ0n) is 16.2. The second kappa shape index (κ2) is 9.46. The molecule has 0 aliphatic carbocycles. The third kappa shape index (κ3) is 5.38. The highest BCUT2D eigenvalue weighted by Gasteiger charge is 2.31. The zero-order chi connectivity index (χ0) is 19.1. The van der Waals surface area contributed by atoms with Gasteiger partial charge in [0.05, 0.1) is 0 Å². The first-order valence-corrected chi connectivity index (χ1v) is 9.50. The summed E-state index contributed by atoms with van der Waals surface area (Å²) in [5.74, 6) is 0.624. The van der Waals surface area contributed by atoms with E-state index < -0.39 is 0 Å². The molecule has 1 aromatic carbocycles. The van der Waals surface area contributed by atoms with Crippen molar-refractivity contribution in [3.8, 4) is 5.75 Å². The van der Waals surface area contributed by atoms with Crippen LogP contribution in [0.25, 0.3) is 0 Å². The summed E-state index contributed by atoms with van der Waals surface area (Å²) >= 11 is 0. The number of anilines is 1. The Balaban J connectivity index is 1.89. The molecule has 1 aliphatic heterocycles. The highest BCUT2D eigenvalue weighted by Crippen LogP contribution is 2.24. The van der Waals surface area contributed by atoms with E-state index in [1.165, 1.54) is 6.42 Å². The summed E-state index contributed by atoms with van der Waals surface area (Å²) in [4.78, 5) is 26.3. The number of nitrogens with one attached hydrogen (secondary N) is 2. The molecule has 2 amide bonds. The zero-order valence-corrected chi connectivity index (χ0v) is 16.2. The molecule has 144 valence electrons. The third-order valence-corrected chi connectivity index (χ3v) is 4.80. The molecule has 0 spiro atoms. The minimum Gasteiger partial charge on any atom is -0.484 e. The molecule has 1 aromatic rings. The number of ether oxygens (including phenoxy) is 1. The van der Waals surface area contributed by atoms with E-state index in [9.17, 15) is 9.59 Å². The fraction of sp³-hybridized carbons (Fsp3) is 0.600. The van der Waals surface area contributed by atoms with Crippen LogP contribution in [0.4, 0.5) is 5.69 Å². The molecule has 3 atom stereocenters. The van der Waals surface area contributed by atoms with Crippen LogP contribution in [0, 0.1) is 0 Å².